The summed E-state index contributed by atoms with van der Waals surface area (Å²) >= 11 is 0. The van der Waals surface area contributed by atoms with E-state index in [1.54, 1.807) is 42.5 Å². The molecule has 0 aliphatic rings. The van der Waals surface area contributed by atoms with Gasteiger partial charge >= 0.3 is 5.76 Å². The molecule has 6 nitrogen and oxygen atoms in total. The minimum absolute atomic E-state index is 0.0344. The van der Waals surface area contributed by atoms with Gasteiger partial charge in [0.2, 0.25) is 5.89 Å². The minimum atomic E-state index is -0.974. The number of aliphatic hydroxyl groups excluding tert-OH is 1. The molecule has 1 N–H and O–H groups in total. The van der Waals surface area contributed by atoms with Gasteiger partial charge in [0.05, 0.1) is 25.9 Å². The first-order valence-electron chi connectivity index (χ1n) is 7.76. The van der Waals surface area contributed by atoms with Gasteiger partial charge in [-0.05, 0) is 18.2 Å². The van der Waals surface area contributed by atoms with Crippen molar-refractivity contribution in [2.45, 2.75) is 19.3 Å². The molecule has 130 valence electrons. The predicted molar refractivity (Wildman–Crippen MR) is 88.3 cm³/mol. The number of hydrogen-bond donors (Lipinski definition) is 1. The highest BCUT2D eigenvalue weighted by Crippen LogP contribution is 2.14. The van der Waals surface area contributed by atoms with Crippen LogP contribution in [0.2, 0.25) is 0 Å². The fourth-order valence-electron chi connectivity index (χ4n) is 2.29. The van der Waals surface area contributed by atoms with Crippen LogP contribution in [-0.4, -0.2) is 27.6 Å². The largest absolute Gasteiger partial charge is 0.437 e. The number of aliphatic hydroxyl groups is 1. The fraction of sp³-hybridized carbons (Fsp3) is 0.222. The van der Waals surface area contributed by atoms with Gasteiger partial charge in [-0.25, -0.2) is 9.18 Å². The smallest absolute Gasteiger partial charge is 0.389 e. The molecule has 3 aromatic rings. The maximum Gasteiger partial charge on any atom is 0.437 e. The Labute approximate surface area is 143 Å². The number of nitrogens with zero attached hydrogens (tertiary/aromatic N) is 2. The zero-order valence-corrected chi connectivity index (χ0v) is 13.3. The van der Waals surface area contributed by atoms with Crippen molar-refractivity contribution >= 4 is 0 Å². The van der Waals surface area contributed by atoms with E-state index in [0.29, 0.717) is 11.1 Å². The molecule has 0 amide bonds. The van der Waals surface area contributed by atoms with Gasteiger partial charge in [0.15, 0.2) is 0 Å². The molecular formula is C18H17FN2O4. The third-order valence-corrected chi connectivity index (χ3v) is 3.54. The van der Waals surface area contributed by atoms with Crippen LogP contribution in [0, 0.1) is 5.82 Å². The van der Waals surface area contributed by atoms with Gasteiger partial charge < -0.3 is 14.3 Å². The van der Waals surface area contributed by atoms with Crippen molar-refractivity contribution in [1.29, 1.82) is 0 Å². The third kappa shape index (κ3) is 4.40. The molecule has 0 aliphatic carbocycles. The third-order valence-electron chi connectivity index (χ3n) is 3.54. The number of benzene rings is 2. The SMILES string of the molecule is O=c1oc(-c2ccccc2)nn1CC(O)COCc1ccccc1F. The topological polar surface area (TPSA) is 77.5 Å². The molecule has 1 unspecified atom stereocenters. The van der Waals surface area contributed by atoms with Gasteiger partial charge in [-0.1, -0.05) is 36.4 Å². The summed E-state index contributed by atoms with van der Waals surface area (Å²) in [6, 6.07) is 15.2. The van der Waals surface area contributed by atoms with E-state index in [0.717, 1.165) is 4.68 Å². The molecule has 0 aliphatic heterocycles. The lowest BCUT2D eigenvalue weighted by Crippen LogP contribution is -2.28. The summed E-state index contributed by atoms with van der Waals surface area (Å²) in [7, 11) is 0. The monoisotopic (exact) mass is 344 g/mol. The highest BCUT2D eigenvalue weighted by molar-refractivity contribution is 5.51. The molecule has 0 saturated heterocycles. The lowest BCUT2D eigenvalue weighted by atomic mass is 10.2. The normalized spacial score (nSPS) is 12.2. The first-order valence-corrected chi connectivity index (χ1v) is 7.76. The highest BCUT2D eigenvalue weighted by Gasteiger charge is 2.14. The number of hydrogen-bond acceptors (Lipinski definition) is 5. The van der Waals surface area contributed by atoms with E-state index in [1.165, 1.54) is 6.07 Å². The van der Waals surface area contributed by atoms with Gasteiger partial charge in [0.25, 0.3) is 0 Å². The van der Waals surface area contributed by atoms with E-state index in [2.05, 4.69) is 5.10 Å². The van der Waals surface area contributed by atoms with Crippen LogP contribution in [0.15, 0.2) is 63.8 Å². The van der Waals surface area contributed by atoms with Gasteiger partial charge in [-0.2, -0.15) is 4.68 Å². The Hall–Kier alpha value is -2.77. The van der Waals surface area contributed by atoms with E-state index in [-0.39, 0.29) is 31.5 Å². The molecule has 0 saturated carbocycles. The number of aromatic nitrogens is 2. The molecule has 0 fully saturated rings. The summed E-state index contributed by atoms with van der Waals surface area (Å²) in [6.07, 6.45) is -0.974. The first kappa shape index (κ1) is 17.1. The van der Waals surface area contributed by atoms with Crippen LogP contribution in [-0.2, 0) is 17.9 Å². The molecule has 1 aromatic heterocycles. The van der Waals surface area contributed by atoms with Crippen molar-refractivity contribution < 1.29 is 18.7 Å². The Bertz CT molecular complexity index is 876. The Morgan fingerprint density at radius 3 is 2.64 bits per heavy atom. The van der Waals surface area contributed by atoms with Crippen molar-refractivity contribution in [3.63, 3.8) is 0 Å². The fourth-order valence-corrected chi connectivity index (χ4v) is 2.29. The van der Waals surface area contributed by atoms with Crippen LogP contribution >= 0.6 is 0 Å². The predicted octanol–water partition coefficient (Wildman–Crippen LogP) is 2.22. The quantitative estimate of drug-likeness (QED) is 0.711. The average Bonchev–Trinajstić information content (AvgIpc) is 2.98. The summed E-state index contributed by atoms with van der Waals surface area (Å²) < 4.78 is 24.9. The number of halogens is 1. The molecule has 2 aromatic carbocycles. The van der Waals surface area contributed by atoms with Crippen molar-refractivity contribution in [2.75, 3.05) is 6.61 Å². The second-order valence-corrected chi connectivity index (χ2v) is 5.48. The zero-order valence-electron chi connectivity index (χ0n) is 13.3. The summed E-state index contributed by atoms with van der Waals surface area (Å²) in [5.74, 6) is -0.839. The van der Waals surface area contributed by atoms with E-state index < -0.39 is 11.9 Å². The van der Waals surface area contributed by atoms with Crippen LogP contribution in [0.5, 0.6) is 0 Å². The molecule has 0 radical (unpaired) electrons. The molecule has 1 heterocycles. The summed E-state index contributed by atoms with van der Waals surface area (Å²) in [4.78, 5) is 11.8. The Kier molecular flexibility index (Phi) is 5.37. The van der Waals surface area contributed by atoms with Crippen LogP contribution in [0.25, 0.3) is 11.5 Å². The van der Waals surface area contributed by atoms with Crippen LogP contribution in [0.3, 0.4) is 0 Å². The van der Waals surface area contributed by atoms with Gasteiger partial charge in [-0.15, -0.1) is 5.10 Å². The van der Waals surface area contributed by atoms with E-state index in [4.69, 9.17) is 9.15 Å². The maximum atomic E-state index is 13.5. The Morgan fingerprint density at radius 1 is 1.16 bits per heavy atom. The first-order chi connectivity index (χ1) is 12.1. The van der Waals surface area contributed by atoms with Crippen molar-refractivity contribution in [1.82, 2.24) is 9.78 Å². The van der Waals surface area contributed by atoms with Crippen LogP contribution < -0.4 is 5.76 Å². The Balaban J connectivity index is 1.56. The second-order valence-electron chi connectivity index (χ2n) is 5.48. The molecule has 0 spiro atoms. The molecule has 1 atom stereocenters. The Morgan fingerprint density at radius 2 is 1.88 bits per heavy atom. The zero-order chi connectivity index (χ0) is 17.6. The van der Waals surface area contributed by atoms with Crippen LogP contribution in [0.1, 0.15) is 5.56 Å². The summed E-state index contributed by atoms with van der Waals surface area (Å²) in [5, 5.41) is 14.1. The number of rotatable bonds is 7. The molecule has 25 heavy (non-hydrogen) atoms. The van der Waals surface area contributed by atoms with Crippen molar-refractivity contribution in [3.05, 3.63) is 76.5 Å². The molecule has 0 bridgehead atoms. The van der Waals surface area contributed by atoms with Crippen molar-refractivity contribution in [2.24, 2.45) is 0 Å². The summed E-state index contributed by atoms with van der Waals surface area (Å²) in [5.41, 5.74) is 1.07. The lowest BCUT2D eigenvalue weighted by Gasteiger charge is -2.10. The molecule has 3 rings (SSSR count). The average molecular weight is 344 g/mol. The van der Waals surface area contributed by atoms with Gasteiger partial charge in [-0.3, -0.25) is 0 Å². The van der Waals surface area contributed by atoms with Gasteiger partial charge in [0.1, 0.15) is 5.82 Å². The highest BCUT2D eigenvalue weighted by atomic mass is 19.1. The van der Waals surface area contributed by atoms with Crippen molar-refractivity contribution in [3.8, 4) is 11.5 Å². The van der Waals surface area contributed by atoms with E-state index in [1.807, 2.05) is 6.07 Å². The summed E-state index contributed by atoms with van der Waals surface area (Å²) in [6.45, 7) is -0.104. The number of ether oxygens (including phenoxy) is 1. The van der Waals surface area contributed by atoms with Gasteiger partial charge in [0, 0.05) is 11.1 Å². The molecule has 7 heteroatoms. The standard InChI is InChI=1S/C18H17FN2O4/c19-16-9-5-4-8-14(16)11-24-12-15(22)10-21-18(23)25-17(20-21)13-6-2-1-3-7-13/h1-9,15,22H,10-12H2. The molecular weight excluding hydrogens is 327 g/mol. The lowest BCUT2D eigenvalue weighted by molar-refractivity contribution is 0.0169. The van der Waals surface area contributed by atoms with E-state index >= 15 is 0 Å². The van der Waals surface area contributed by atoms with E-state index in [9.17, 15) is 14.3 Å². The van der Waals surface area contributed by atoms with Crippen LogP contribution in [0.4, 0.5) is 4.39 Å². The minimum Gasteiger partial charge on any atom is -0.389 e. The maximum absolute atomic E-state index is 13.5. The second kappa shape index (κ2) is 7.87.